The monoisotopic (exact) mass is 243 g/mol. The molecule has 0 aliphatic carbocycles. The van der Waals surface area contributed by atoms with Crippen molar-refractivity contribution in [3.8, 4) is 0 Å². The lowest BCUT2D eigenvalue weighted by atomic mass is 9.98. The Balaban J connectivity index is 2.34. The van der Waals surface area contributed by atoms with Crippen LogP contribution in [0.1, 0.15) is 17.9 Å². The molecule has 2 rings (SSSR count). The van der Waals surface area contributed by atoms with E-state index in [2.05, 4.69) is 5.32 Å². The molecule has 0 aromatic heterocycles. The van der Waals surface area contributed by atoms with Gasteiger partial charge in [-0.15, -0.1) is 0 Å². The Kier molecular flexibility index (Phi) is 2.67. The third-order valence-corrected chi connectivity index (χ3v) is 3.05. The van der Waals surface area contributed by atoms with Crippen molar-refractivity contribution in [1.29, 1.82) is 0 Å². The van der Waals surface area contributed by atoms with Crippen LogP contribution in [0.25, 0.3) is 0 Å². The molecule has 1 aromatic rings. The van der Waals surface area contributed by atoms with E-state index in [0.29, 0.717) is 15.6 Å². The van der Waals surface area contributed by atoms with Gasteiger partial charge >= 0.3 is 0 Å². The van der Waals surface area contributed by atoms with E-state index in [1.807, 2.05) is 0 Å². The number of carbonyl (C=O) groups is 2. The van der Waals surface area contributed by atoms with Crippen LogP contribution in [-0.2, 0) is 9.59 Å². The molecule has 5 heteroatoms. The largest absolute Gasteiger partial charge is 0.296 e. The average molecular weight is 244 g/mol. The van der Waals surface area contributed by atoms with Crippen molar-refractivity contribution in [2.75, 3.05) is 0 Å². The van der Waals surface area contributed by atoms with Crippen LogP contribution in [0.5, 0.6) is 0 Å². The summed E-state index contributed by atoms with van der Waals surface area (Å²) in [5.74, 6) is -0.971. The third-order valence-electron chi connectivity index (χ3n) is 2.31. The fourth-order valence-electron chi connectivity index (χ4n) is 1.55. The predicted molar refractivity (Wildman–Crippen MR) is 57.0 cm³/mol. The van der Waals surface area contributed by atoms with Gasteiger partial charge in [-0.2, -0.15) is 0 Å². The number of nitrogens with one attached hydrogen (secondary N) is 1. The molecule has 2 amide bonds. The van der Waals surface area contributed by atoms with E-state index >= 15 is 0 Å². The smallest absolute Gasteiger partial charge is 0.234 e. The quantitative estimate of drug-likeness (QED) is 0.769. The van der Waals surface area contributed by atoms with Crippen molar-refractivity contribution in [3.05, 3.63) is 33.8 Å². The first kappa shape index (κ1) is 10.5. The lowest BCUT2D eigenvalue weighted by Gasteiger charge is -2.06. The van der Waals surface area contributed by atoms with Crippen molar-refractivity contribution < 1.29 is 9.59 Å². The van der Waals surface area contributed by atoms with E-state index in [-0.39, 0.29) is 18.2 Å². The Morgan fingerprint density at radius 3 is 2.47 bits per heavy atom. The molecule has 0 bridgehead atoms. The van der Waals surface area contributed by atoms with Gasteiger partial charge in [-0.1, -0.05) is 29.3 Å². The zero-order valence-electron chi connectivity index (χ0n) is 7.59. The topological polar surface area (TPSA) is 46.2 Å². The molecule has 78 valence electrons. The summed E-state index contributed by atoms with van der Waals surface area (Å²) in [5.41, 5.74) is 0.716. The number of amides is 2. The molecule has 1 fully saturated rings. The second-order valence-electron chi connectivity index (χ2n) is 3.34. The molecular weight excluding hydrogens is 237 g/mol. The highest BCUT2D eigenvalue weighted by molar-refractivity contribution is 6.42. The number of imide groups is 1. The van der Waals surface area contributed by atoms with Crippen LogP contribution >= 0.6 is 23.2 Å². The van der Waals surface area contributed by atoms with Crippen LogP contribution in [0.3, 0.4) is 0 Å². The molecule has 1 atom stereocenters. The summed E-state index contributed by atoms with van der Waals surface area (Å²) >= 11 is 11.6. The summed E-state index contributed by atoms with van der Waals surface area (Å²) in [6.07, 6.45) is 0.177. The number of carbonyl (C=O) groups excluding carboxylic acids is 2. The van der Waals surface area contributed by atoms with Crippen molar-refractivity contribution in [2.24, 2.45) is 0 Å². The van der Waals surface area contributed by atoms with Crippen LogP contribution in [0.2, 0.25) is 10.0 Å². The molecule has 3 nitrogen and oxygen atoms in total. The molecule has 0 spiro atoms. The van der Waals surface area contributed by atoms with Gasteiger partial charge in [0.25, 0.3) is 0 Å². The fourth-order valence-corrected chi connectivity index (χ4v) is 1.86. The average Bonchev–Trinajstić information content (AvgIpc) is 2.50. The fraction of sp³-hybridized carbons (Fsp3) is 0.200. The van der Waals surface area contributed by atoms with Gasteiger partial charge in [0.2, 0.25) is 11.8 Å². The first-order valence-electron chi connectivity index (χ1n) is 4.36. The van der Waals surface area contributed by atoms with Gasteiger partial charge in [0.1, 0.15) is 0 Å². The summed E-state index contributed by atoms with van der Waals surface area (Å²) in [5, 5.41) is 3.07. The maximum atomic E-state index is 11.4. The first-order chi connectivity index (χ1) is 7.08. The normalized spacial score (nSPS) is 20.5. The molecule has 1 heterocycles. The molecule has 15 heavy (non-hydrogen) atoms. The van der Waals surface area contributed by atoms with Crippen molar-refractivity contribution in [2.45, 2.75) is 12.3 Å². The summed E-state index contributed by atoms with van der Waals surface area (Å²) in [7, 11) is 0. The summed E-state index contributed by atoms with van der Waals surface area (Å²) in [6, 6.07) is 4.94. The predicted octanol–water partition coefficient (Wildman–Crippen LogP) is 2.12. The number of benzene rings is 1. The first-order valence-corrected chi connectivity index (χ1v) is 5.12. The molecule has 0 saturated carbocycles. The molecule has 1 N–H and O–H groups in total. The maximum absolute atomic E-state index is 11.4. The standard InChI is InChI=1S/C10H7Cl2NO2/c11-7-2-1-5(3-8(7)12)6-4-9(14)13-10(6)15/h1-3,6H,4H2,(H,13,14,15). The van der Waals surface area contributed by atoms with Gasteiger partial charge in [0, 0.05) is 6.42 Å². The molecule has 1 aliphatic rings. The van der Waals surface area contributed by atoms with Gasteiger partial charge in [0.15, 0.2) is 0 Å². The van der Waals surface area contributed by atoms with Gasteiger partial charge in [-0.3, -0.25) is 14.9 Å². The van der Waals surface area contributed by atoms with E-state index in [1.54, 1.807) is 18.2 Å². The Morgan fingerprint density at radius 1 is 1.20 bits per heavy atom. The van der Waals surface area contributed by atoms with Gasteiger partial charge in [0.05, 0.1) is 16.0 Å². The summed E-state index contributed by atoms with van der Waals surface area (Å²) < 4.78 is 0. The molecule has 0 radical (unpaired) electrons. The van der Waals surface area contributed by atoms with E-state index in [4.69, 9.17) is 23.2 Å². The number of halogens is 2. The van der Waals surface area contributed by atoms with E-state index in [1.165, 1.54) is 0 Å². The second kappa shape index (κ2) is 3.83. The molecule has 1 saturated heterocycles. The Bertz CT molecular complexity index is 445. The van der Waals surface area contributed by atoms with E-state index < -0.39 is 5.92 Å². The van der Waals surface area contributed by atoms with Crippen molar-refractivity contribution >= 4 is 35.0 Å². The zero-order valence-corrected chi connectivity index (χ0v) is 9.10. The maximum Gasteiger partial charge on any atom is 0.234 e. The van der Waals surface area contributed by atoms with Crippen LogP contribution < -0.4 is 5.32 Å². The van der Waals surface area contributed by atoms with Crippen LogP contribution in [-0.4, -0.2) is 11.8 Å². The van der Waals surface area contributed by atoms with Crippen LogP contribution in [0.4, 0.5) is 0 Å². The molecule has 1 aliphatic heterocycles. The van der Waals surface area contributed by atoms with Gasteiger partial charge < -0.3 is 0 Å². The lowest BCUT2D eigenvalue weighted by molar-refractivity contribution is -0.125. The molecular formula is C10H7Cl2NO2. The van der Waals surface area contributed by atoms with E-state index in [0.717, 1.165) is 0 Å². The van der Waals surface area contributed by atoms with Crippen molar-refractivity contribution in [3.63, 3.8) is 0 Å². The van der Waals surface area contributed by atoms with Crippen LogP contribution in [0.15, 0.2) is 18.2 Å². The Labute approximate surface area is 96.4 Å². The number of rotatable bonds is 1. The van der Waals surface area contributed by atoms with Crippen molar-refractivity contribution in [1.82, 2.24) is 5.32 Å². The minimum Gasteiger partial charge on any atom is -0.296 e. The Hall–Kier alpha value is -1.06. The minimum atomic E-state index is -0.438. The van der Waals surface area contributed by atoms with Gasteiger partial charge in [-0.25, -0.2) is 0 Å². The summed E-state index contributed by atoms with van der Waals surface area (Å²) in [4.78, 5) is 22.4. The number of hydrogen-bond donors (Lipinski definition) is 1. The zero-order chi connectivity index (χ0) is 11.0. The van der Waals surface area contributed by atoms with Crippen LogP contribution in [0, 0.1) is 0 Å². The highest BCUT2D eigenvalue weighted by atomic mass is 35.5. The SMILES string of the molecule is O=C1CC(c2ccc(Cl)c(Cl)c2)C(=O)N1. The highest BCUT2D eigenvalue weighted by Crippen LogP contribution is 2.30. The Morgan fingerprint density at radius 2 is 1.93 bits per heavy atom. The summed E-state index contributed by atoms with van der Waals surface area (Å²) in [6.45, 7) is 0. The number of hydrogen-bond acceptors (Lipinski definition) is 2. The molecule has 1 aromatic carbocycles. The molecule has 1 unspecified atom stereocenters. The third kappa shape index (κ3) is 1.98. The highest BCUT2D eigenvalue weighted by Gasteiger charge is 2.31. The van der Waals surface area contributed by atoms with E-state index in [9.17, 15) is 9.59 Å². The van der Waals surface area contributed by atoms with Gasteiger partial charge in [-0.05, 0) is 17.7 Å². The second-order valence-corrected chi connectivity index (χ2v) is 4.16. The minimum absolute atomic E-state index is 0.177. The lowest BCUT2D eigenvalue weighted by Crippen LogP contribution is -2.21.